The molecule has 0 bridgehead atoms. The van der Waals surface area contributed by atoms with Crippen molar-refractivity contribution >= 4 is 11.9 Å². The molecule has 0 radical (unpaired) electrons. The largest absolute Gasteiger partial charge is 0.480 e. The second-order valence-corrected chi connectivity index (χ2v) is 6.87. The number of aryl methyl sites for hydroxylation is 1. The summed E-state index contributed by atoms with van der Waals surface area (Å²) in [5, 5.41) is 14.0. The van der Waals surface area contributed by atoms with Crippen molar-refractivity contribution in [3.05, 3.63) is 46.8 Å². The summed E-state index contributed by atoms with van der Waals surface area (Å²) >= 11 is 0. The molecule has 1 N–H and O–H groups in total. The third-order valence-corrected chi connectivity index (χ3v) is 5.21. The van der Waals surface area contributed by atoms with Crippen molar-refractivity contribution in [1.82, 2.24) is 14.7 Å². The zero-order valence-corrected chi connectivity index (χ0v) is 14.2. The van der Waals surface area contributed by atoms with Crippen LogP contribution in [0.1, 0.15) is 46.6 Å². The van der Waals surface area contributed by atoms with Gasteiger partial charge in [0.1, 0.15) is 6.04 Å². The first-order valence-corrected chi connectivity index (χ1v) is 8.78. The molecule has 1 aliphatic heterocycles. The molecule has 2 aliphatic rings. The van der Waals surface area contributed by atoms with Gasteiger partial charge in [-0.1, -0.05) is 17.7 Å². The van der Waals surface area contributed by atoms with Crippen molar-refractivity contribution in [2.45, 2.75) is 45.1 Å². The third kappa shape index (κ3) is 2.62. The second-order valence-electron chi connectivity index (χ2n) is 6.87. The van der Waals surface area contributed by atoms with Crippen molar-refractivity contribution in [2.24, 2.45) is 0 Å². The molecule has 6 nitrogen and oxygen atoms in total. The van der Waals surface area contributed by atoms with E-state index in [1.54, 1.807) is 0 Å². The summed E-state index contributed by atoms with van der Waals surface area (Å²) in [6.45, 7) is 2.52. The molecule has 1 aliphatic carbocycles. The van der Waals surface area contributed by atoms with Crippen LogP contribution in [0.3, 0.4) is 0 Å². The van der Waals surface area contributed by atoms with E-state index in [9.17, 15) is 14.7 Å². The summed E-state index contributed by atoms with van der Waals surface area (Å²) in [5.74, 6) is -1.17. The van der Waals surface area contributed by atoms with E-state index in [1.165, 1.54) is 10.5 Å². The fraction of sp³-hybridized carbons (Fsp3) is 0.421. The fourth-order valence-corrected chi connectivity index (χ4v) is 3.91. The minimum absolute atomic E-state index is 0.242. The van der Waals surface area contributed by atoms with Gasteiger partial charge in [-0.05, 0) is 51.2 Å². The SMILES string of the molecule is Cc1ccc(-n2nc(C(=O)N3CCC[C@H]3C(=O)O)c3c2CCC3)cc1. The van der Waals surface area contributed by atoms with Gasteiger partial charge in [0, 0.05) is 17.8 Å². The van der Waals surface area contributed by atoms with Gasteiger partial charge >= 0.3 is 5.97 Å². The van der Waals surface area contributed by atoms with Crippen LogP contribution in [-0.4, -0.2) is 44.3 Å². The van der Waals surface area contributed by atoms with Crippen LogP contribution in [0, 0.1) is 6.92 Å². The first-order chi connectivity index (χ1) is 12.1. The molecule has 130 valence electrons. The smallest absolute Gasteiger partial charge is 0.326 e. The average molecular weight is 339 g/mol. The van der Waals surface area contributed by atoms with Crippen molar-refractivity contribution in [3.8, 4) is 5.69 Å². The molecule has 1 saturated heterocycles. The first-order valence-electron chi connectivity index (χ1n) is 8.78. The van der Waals surface area contributed by atoms with E-state index < -0.39 is 12.0 Å². The Morgan fingerprint density at radius 2 is 1.92 bits per heavy atom. The number of carbonyl (C=O) groups excluding carboxylic acids is 1. The molecule has 2 heterocycles. The van der Waals surface area contributed by atoms with Crippen LogP contribution in [0.15, 0.2) is 24.3 Å². The zero-order valence-electron chi connectivity index (χ0n) is 14.2. The second kappa shape index (κ2) is 6.02. The monoisotopic (exact) mass is 339 g/mol. The number of rotatable bonds is 3. The number of nitrogens with zero attached hydrogens (tertiary/aromatic N) is 3. The number of fused-ring (bicyclic) bond motifs is 1. The van der Waals surface area contributed by atoms with Gasteiger partial charge in [-0.2, -0.15) is 5.10 Å². The van der Waals surface area contributed by atoms with Crippen molar-refractivity contribution in [1.29, 1.82) is 0 Å². The lowest BCUT2D eigenvalue weighted by atomic mass is 10.1. The van der Waals surface area contributed by atoms with Gasteiger partial charge in [-0.25, -0.2) is 9.48 Å². The molecular formula is C19H21N3O3. The van der Waals surface area contributed by atoms with Gasteiger partial charge in [0.05, 0.1) is 5.69 Å². The Balaban J connectivity index is 1.74. The lowest BCUT2D eigenvalue weighted by Crippen LogP contribution is -2.40. The number of amides is 1. The Morgan fingerprint density at radius 3 is 2.64 bits per heavy atom. The molecular weight excluding hydrogens is 318 g/mol. The van der Waals surface area contributed by atoms with Crippen LogP contribution >= 0.6 is 0 Å². The van der Waals surface area contributed by atoms with Crippen LogP contribution in [0.25, 0.3) is 5.69 Å². The van der Waals surface area contributed by atoms with E-state index in [-0.39, 0.29) is 5.91 Å². The maximum absolute atomic E-state index is 13.0. The topological polar surface area (TPSA) is 75.4 Å². The van der Waals surface area contributed by atoms with Gasteiger partial charge in [0.2, 0.25) is 0 Å². The van der Waals surface area contributed by atoms with Gasteiger partial charge in [0.15, 0.2) is 5.69 Å². The Morgan fingerprint density at radius 1 is 1.16 bits per heavy atom. The van der Waals surface area contributed by atoms with Crippen LogP contribution in [-0.2, 0) is 17.6 Å². The number of carbonyl (C=O) groups is 2. The minimum Gasteiger partial charge on any atom is -0.480 e. The van der Waals surface area contributed by atoms with Crippen LogP contribution in [0.5, 0.6) is 0 Å². The number of hydrogen-bond acceptors (Lipinski definition) is 3. The van der Waals surface area contributed by atoms with E-state index in [2.05, 4.69) is 5.10 Å². The van der Waals surface area contributed by atoms with Crippen molar-refractivity contribution in [2.75, 3.05) is 6.54 Å². The highest BCUT2D eigenvalue weighted by molar-refractivity contribution is 5.97. The molecule has 1 aromatic heterocycles. The minimum atomic E-state index is -0.930. The highest BCUT2D eigenvalue weighted by Gasteiger charge is 2.37. The lowest BCUT2D eigenvalue weighted by molar-refractivity contribution is -0.141. The summed E-state index contributed by atoms with van der Waals surface area (Å²) in [5.41, 5.74) is 4.62. The van der Waals surface area contributed by atoms with E-state index >= 15 is 0 Å². The first kappa shape index (κ1) is 15.9. The van der Waals surface area contributed by atoms with Crippen molar-refractivity contribution in [3.63, 3.8) is 0 Å². The highest BCUT2D eigenvalue weighted by Crippen LogP contribution is 2.30. The third-order valence-electron chi connectivity index (χ3n) is 5.21. The number of aliphatic carboxylic acids is 1. The normalized spacial score (nSPS) is 19.2. The molecule has 1 atom stereocenters. The van der Waals surface area contributed by atoms with Crippen LogP contribution in [0.4, 0.5) is 0 Å². The van der Waals surface area contributed by atoms with E-state index in [0.717, 1.165) is 42.6 Å². The summed E-state index contributed by atoms with van der Waals surface area (Å²) < 4.78 is 1.86. The number of carboxylic acids is 1. The number of aromatic nitrogens is 2. The van der Waals surface area contributed by atoms with Gasteiger partial charge in [0.25, 0.3) is 5.91 Å². The van der Waals surface area contributed by atoms with Crippen LogP contribution < -0.4 is 0 Å². The summed E-state index contributed by atoms with van der Waals surface area (Å²) in [7, 11) is 0. The number of carboxylic acid groups (broad SMARTS) is 1. The number of benzene rings is 1. The van der Waals surface area contributed by atoms with E-state index in [4.69, 9.17) is 0 Å². The van der Waals surface area contributed by atoms with Crippen molar-refractivity contribution < 1.29 is 14.7 Å². The fourth-order valence-electron chi connectivity index (χ4n) is 3.91. The molecule has 0 unspecified atom stereocenters. The summed E-state index contributed by atoms with van der Waals surface area (Å²) in [6.07, 6.45) is 3.97. The quantitative estimate of drug-likeness (QED) is 0.931. The molecule has 4 rings (SSSR count). The maximum Gasteiger partial charge on any atom is 0.326 e. The van der Waals surface area contributed by atoms with Gasteiger partial charge in [-0.15, -0.1) is 0 Å². The lowest BCUT2D eigenvalue weighted by Gasteiger charge is -2.20. The molecule has 0 saturated carbocycles. The molecule has 1 aromatic carbocycles. The Bertz CT molecular complexity index is 838. The summed E-state index contributed by atoms with van der Waals surface area (Å²) in [6, 6.07) is 7.34. The molecule has 1 amide bonds. The maximum atomic E-state index is 13.0. The summed E-state index contributed by atoms with van der Waals surface area (Å²) in [4.78, 5) is 25.9. The van der Waals surface area contributed by atoms with Gasteiger partial charge < -0.3 is 10.0 Å². The number of hydrogen-bond donors (Lipinski definition) is 1. The molecule has 6 heteroatoms. The predicted molar refractivity (Wildman–Crippen MR) is 92.0 cm³/mol. The molecule has 2 aromatic rings. The molecule has 0 spiro atoms. The van der Waals surface area contributed by atoms with Gasteiger partial charge in [-0.3, -0.25) is 4.79 Å². The standard InChI is InChI=1S/C19H21N3O3/c1-12-7-9-13(10-8-12)22-15-5-2-4-14(15)17(20-22)18(23)21-11-3-6-16(21)19(24)25/h7-10,16H,2-6,11H2,1H3,(H,24,25)/t16-/m0/s1. The molecule has 1 fully saturated rings. The average Bonchev–Trinajstić information content (AvgIpc) is 3.31. The Labute approximate surface area is 146 Å². The van der Waals surface area contributed by atoms with E-state index in [1.807, 2.05) is 35.9 Å². The molecule has 25 heavy (non-hydrogen) atoms. The van der Waals surface area contributed by atoms with E-state index in [0.29, 0.717) is 18.7 Å². The zero-order chi connectivity index (χ0) is 17.6. The highest BCUT2D eigenvalue weighted by atomic mass is 16.4. The number of likely N-dealkylation sites (tertiary alicyclic amines) is 1. The Hall–Kier alpha value is -2.63. The predicted octanol–water partition coefficient (Wildman–Crippen LogP) is 2.36. The van der Waals surface area contributed by atoms with Crippen LogP contribution in [0.2, 0.25) is 0 Å². The Kier molecular flexibility index (Phi) is 3.82.